The van der Waals surface area contributed by atoms with Gasteiger partial charge in [-0.25, -0.2) is 4.79 Å². The monoisotopic (exact) mass is 306 g/mol. The van der Waals surface area contributed by atoms with Crippen molar-refractivity contribution in [3.05, 3.63) is 44.7 Å². The van der Waals surface area contributed by atoms with Crippen LogP contribution >= 0.6 is 0 Å². The number of aryl methyl sites for hydroxylation is 1. The van der Waals surface area contributed by atoms with Crippen molar-refractivity contribution in [1.29, 1.82) is 0 Å². The third kappa shape index (κ3) is 2.76. The molecule has 8 heteroatoms. The number of benzene rings is 1. The normalized spacial score (nSPS) is 12.0. The fourth-order valence-corrected chi connectivity index (χ4v) is 2.04. The van der Waals surface area contributed by atoms with Crippen molar-refractivity contribution in [2.24, 2.45) is 7.05 Å². The number of fused-ring (bicyclic) bond motifs is 1. The lowest BCUT2D eigenvalue weighted by Crippen LogP contribution is -2.29. The zero-order valence-electron chi connectivity index (χ0n) is 12.2. The lowest BCUT2D eigenvalue weighted by molar-refractivity contribution is -0.384. The highest BCUT2D eigenvalue weighted by atomic mass is 16.6. The standard InChI is InChI=1S/C14H14N2O6/c1-8(14(18)21-3)22-12-7-9-6-10(16(19)20)4-5-11(9)15(2)13(12)17/h4-8H,1-3H3/t8-/m1/s1. The van der Waals surface area contributed by atoms with E-state index in [1.807, 2.05) is 0 Å². The van der Waals surface area contributed by atoms with Crippen LogP contribution in [0, 0.1) is 10.1 Å². The van der Waals surface area contributed by atoms with Gasteiger partial charge >= 0.3 is 5.97 Å². The number of non-ortho nitro benzene ring substituents is 1. The molecule has 1 aromatic carbocycles. The quantitative estimate of drug-likeness (QED) is 0.480. The Morgan fingerprint density at radius 3 is 2.64 bits per heavy atom. The first kappa shape index (κ1) is 15.5. The van der Waals surface area contributed by atoms with Crippen LogP contribution in [0.4, 0.5) is 5.69 Å². The third-order valence-corrected chi connectivity index (χ3v) is 3.22. The topological polar surface area (TPSA) is 101 Å². The van der Waals surface area contributed by atoms with E-state index in [1.165, 1.54) is 49.9 Å². The smallest absolute Gasteiger partial charge is 0.346 e. The minimum Gasteiger partial charge on any atom is -0.473 e. The van der Waals surface area contributed by atoms with Crippen molar-refractivity contribution in [3.63, 3.8) is 0 Å². The Morgan fingerprint density at radius 1 is 1.36 bits per heavy atom. The van der Waals surface area contributed by atoms with Crippen LogP contribution in [0.15, 0.2) is 29.1 Å². The van der Waals surface area contributed by atoms with Crippen molar-refractivity contribution in [2.45, 2.75) is 13.0 Å². The summed E-state index contributed by atoms with van der Waals surface area (Å²) in [6, 6.07) is 5.52. The van der Waals surface area contributed by atoms with Gasteiger partial charge in [-0.1, -0.05) is 0 Å². The number of hydrogen-bond acceptors (Lipinski definition) is 6. The molecule has 1 aromatic heterocycles. The second kappa shape index (κ2) is 5.84. The molecule has 2 aromatic rings. The Balaban J connectivity index is 2.55. The number of nitro benzene ring substituents is 1. The van der Waals surface area contributed by atoms with E-state index in [4.69, 9.17) is 4.74 Å². The van der Waals surface area contributed by atoms with Gasteiger partial charge in [-0.2, -0.15) is 0 Å². The minimum absolute atomic E-state index is 0.0756. The lowest BCUT2D eigenvalue weighted by atomic mass is 10.2. The number of nitro groups is 1. The van der Waals surface area contributed by atoms with Gasteiger partial charge in [0.1, 0.15) is 0 Å². The number of hydrogen-bond donors (Lipinski definition) is 0. The molecule has 0 saturated heterocycles. The van der Waals surface area contributed by atoms with Gasteiger partial charge in [0, 0.05) is 24.6 Å². The number of esters is 1. The van der Waals surface area contributed by atoms with Gasteiger partial charge in [0.2, 0.25) is 0 Å². The SMILES string of the molecule is COC(=O)[C@@H](C)Oc1cc2cc([N+](=O)[O-])ccc2n(C)c1=O. The van der Waals surface area contributed by atoms with Gasteiger partial charge in [-0.05, 0) is 19.1 Å². The van der Waals surface area contributed by atoms with Gasteiger partial charge in [0.15, 0.2) is 11.9 Å². The largest absolute Gasteiger partial charge is 0.473 e. The maximum Gasteiger partial charge on any atom is 0.346 e. The summed E-state index contributed by atoms with van der Waals surface area (Å²) >= 11 is 0. The van der Waals surface area contributed by atoms with Crippen LogP contribution < -0.4 is 10.3 Å². The molecule has 0 aliphatic rings. The zero-order valence-corrected chi connectivity index (χ0v) is 12.2. The van der Waals surface area contributed by atoms with Gasteiger partial charge in [0.25, 0.3) is 11.2 Å². The summed E-state index contributed by atoms with van der Waals surface area (Å²) in [6.45, 7) is 1.45. The number of ether oxygens (including phenoxy) is 2. The van der Waals surface area contributed by atoms with E-state index in [1.54, 1.807) is 0 Å². The highest BCUT2D eigenvalue weighted by Gasteiger charge is 2.18. The number of nitrogens with zero attached hydrogens (tertiary/aromatic N) is 2. The van der Waals surface area contributed by atoms with Crippen LogP contribution in [-0.4, -0.2) is 28.7 Å². The molecule has 116 valence electrons. The number of methoxy groups -OCH3 is 1. The molecular weight excluding hydrogens is 292 g/mol. The van der Waals surface area contributed by atoms with Crippen LogP contribution in [0.3, 0.4) is 0 Å². The first-order valence-corrected chi connectivity index (χ1v) is 6.38. The van der Waals surface area contributed by atoms with Crippen LogP contribution in [0.2, 0.25) is 0 Å². The molecule has 2 rings (SSSR count). The molecule has 0 N–H and O–H groups in total. The van der Waals surface area contributed by atoms with E-state index < -0.39 is 22.6 Å². The average Bonchev–Trinajstić information content (AvgIpc) is 2.50. The van der Waals surface area contributed by atoms with Gasteiger partial charge < -0.3 is 14.0 Å². The predicted molar refractivity (Wildman–Crippen MR) is 77.9 cm³/mol. The molecule has 0 radical (unpaired) electrons. The van der Waals surface area contributed by atoms with Crippen molar-refractivity contribution >= 4 is 22.6 Å². The van der Waals surface area contributed by atoms with Crippen LogP contribution in [0.25, 0.3) is 10.9 Å². The van der Waals surface area contributed by atoms with Crippen molar-refractivity contribution in [3.8, 4) is 5.75 Å². The molecule has 0 unspecified atom stereocenters. The summed E-state index contributed by atoms with van der Waals surface area (Å²) in [5, 5.41) is 11.3. The van der Waals surface area contributed by atoms with E-state index in [0.717, 1.165) is 0 Å². The van der Waals surface area contributed by atoms with Gasteiger partial charge in [0.05, 0.1) is 17.5 Å². The van der Waals surface area contributed by atoms with E-state index in [0.29, 0.717) is 10.9 Å². The zero-order chi connectivity index (χ0) is 16.4. The van der Waals surface area contributed by atoms with Crippen molar-refractivity contribution in [2.75, 3.05) is 7.11 Å². The highest BCUT2D eigenvalue weighted by Crippen LogP contribution is 2.22. The Morgan fingerprint density at radius 2 is 2.05 bits per heavy atom. The molecular formula is C14H14N2O6. The van der Waals surface area contributed by atoms with Gasteiger partial charge in [-0.15, -0.1) is 0 Å². The molecule has 0 saturated carbocycles. The fraction of sp³-hybridized carbons (Fsp3) is 0.286. The van der Waals surface area contributed by atoms with Crippen LogP contribution in [0.1, 0.15) is 6.92 Å². The second-order valence-electron chi connectivity index (χ2n) is 4.66. The Kier molecular flexibility index (Phi) is 4.11. The molecule has 0 fully saturated rings. The molecule has 22 heavy (non-hydrogen) atoms. The third-order valence-electron chi connectivity index (χ3n) is 3.22. The summed E-state index contributed by atoms with van der Waals surface area (Å²) < 4.78 is 11.1. The fourth-order valence-electron chi connectivity index (χ4n) is 2.04. The minimum atomic E-state index is -0.964. The number of carbonyl (C=O) groups excluding carboxylic acids is 1. The first-order valence-electron chi connectivity index (χ1n) is 6.38. The van der Waals surface area contributed by atoms with E-state index in [2.05, 4.69) is 4.74 Å². The van der Waals surface area contributed by atoms with E-state index in [9.17, 15) is 19.7 Å². The number of pyridine rings is 1. The molecule has 0 amide bonds. The first-order chi connectivity index (χ1) is 10.3. The number of aromatic nitrogens is 1. The van der Waals surface area contributed by atoms with E-state index >= 15 is 0 Å². The Hall–Kier alpha value is -2.90. The number of rotatable bonds is 4. The lowest BCUT2D eigenvalue weighted by Gasteiger charge is -2.14. The second-order valence-corrected chi connectivity index (χ2v) is 4.66. The summed E-state index contributed by atoms with van der Waals surface area (Å²) in [5.41, 5.74) is -0.0242. The molecule has 0 aliphatic heterocycles. The molecule has 0 bridgehead atoms. The predicted octanol–water partition coefficient (Wildman–Crippen LogP) is 1.39. The van der Waals surface area contributed by atoms with Crippen LogP contribution in [0.5, 0.6) is 5.75 Å². The molecule has 8 nitrogen and oxygen atoms in total. The average molecular weight is 306 g/mol. The summed E-state index contributed by atoms with van der Waals surface area (Å²) in [4.78, 5) is 33.9. The highest BCUT2D eigenvalue weighted by molar-refractivity contribution is 5.83. The Labute approximate surface area is 125 Å². The maximum atomic E-state index is 12.2. The van der Waals surface area contributed by atoms with Crippen LogP contribution in [-0.2, 0) is 16.6 Å². The van der Waals surface area contributed by atoms with E-state index in [-0.39, 0.29) is 11.4 Å². The number of carbonyl (C=O) groups is 1. The maximum absolute atomic E-state index is 12.2. The summed E-state index contributed by atoms with van der Waals surface area (Å²) in [6.07, 6.45) is -0.964. The summed E-state index contributed by atoms with van der Waals surface area (Å²) in [7, 11) is 2.73. The van der Waals surface area contributed by atoms with Crippen molar-refractivity contribution in [1.82, 2.24) is 4.57 Å². The molecule has 0 spiro atoms. The molecule has 1 heterocycles. The summed E-state index contributed by atoms with van der Waals surface area (Å²) in [5.74, 6) is -0.699. The van der Waals surface area contributed by atoms with Crippen molar-refractivity contribution < 1.29 is 19.2 Å². The Bertz CT molecular complexity index is 811. The molecule has 1 atom stereocenters. The van der Waals surface area contributed by atoms with Gasteiger partial charge in [-0.3, -0.25) is 14.9 Å². The molecule has 0 aliphatic carbocycles.